The Labute approximate surface area is 121 Å². The lowest BCUT2D eigenvalue weighted by Gasteiger charge is -2.16. The number of hydrogen-bond acceptors (Lipinski definition) is 3. The number of nitrogens with two attached hydrogens (primary N) is 1. The predicted octanol–water partition coefficient (Wildman–Crippen LogP) is 2.64. The molecule has 4 nitrogen and oxygen atoms in total. The number of benzene rings is 1. The fourth-order valence-electron chi connectivity index (χ4n) is 1.76. The summed E-state index contributed by atoms with van der Waals surface area (Å²) in [4.78, 5) is 11.9. The first kappa shape index (κ1) is 16.5. The van der Waals surface area contributed by atoms with Crippen molar-refractivity contribution in [3.05, 3.63) is 29.8 Å². The molecular weight excluding hydrogens is 252 g/mol. The first-order valence-corrected chi connectivity index (χ1v) is 7.20. The number of carbonyl (C=O) groups is 1. The summed E-state index contributed by atoms with van der Waals surface area (Å²) >= 11 is 0. The molecule has 0 radical (unpaired) electrons. The monoisotopic (exact) mass is 278 g/mol. The van der Waals surface area contributed by atoms with E-state index in [-0.39, 0.29) is 11.9 Å². The Kier molecular flexibility index (Phi) is 6.52. The molecule has 0 bridgehead atoms. The van der Waals surface area contributed by atoms with Crippen LogP contribution in [0.15, 0.2) is 24.3 Å². The highest BCUT2D eigenvalue weighted by Crippen LogP contribution is 2.18. The summed E-state index contributed by atoms with van der Waals surface area (Å²) in [5, 5.41) is 2.88. The number of ether oxygens (including phenoxy) is 1. The number of carbonyl (C=O) groups excluding carboxylic acids is 1. The molecule has 3 N–H and O–H groups in total. The fourth-order valence-corrected chi connectivity index (χ4v) is 1.76. The van der Waals surface area contributed by atoms with Gasteiger partial charge in [-0.25, -0.2) is 0 Å². The van der Waals surface area contributed by atoms with Crippen molar-refractivity contribution in [2.75, 3.05) is 6.54 Å². The molecule has 112 valence electrons. The van der Waals surface area contributed by atoms with Crippen LogP contribution in [0.5, 0.6) is 5.75 Å². The lowest BCUT2D eigenvalue weighted by atomic mass is 10.1. The molecule has 1 aromatic rings. The van der Waals surface area contributed by atoms with E-state index in [1.54, 1.807) is 6.92 Å². The number of amides is 1. The standard InChI is InChI=1S/C16H26N2O2/c1-11(2)8-9-18-16(19)13(4)20-15-7-5-6-14(10-15)12(3)17/h5-7,10-13H,8-9,17H2,1-4H3,(H,18,19). The highest BCUT2D eigenvalue weighted by atomic mass is 16.5. The second-order valence-electron chi connectivity index (χ2n) is 5.59. The van der Waals surface area contributed by atoms with Crippen LogP contribution in [0.4, 0.5) is 0 Å². The van der Waals surface area contributed by atoms with E-state index >= 15 is 0 Å². The SMILES string of the molecule is CC(C)CCNC(=O)C(C)Oc1cccc(C(C)N)c1. The molecule has 1 aromatic carbocycles. The number of hydrogen-bond donors (Lipinski definition) is 2. The van der Waals surface area contributed by atoms with E-state index in [0.717, 1.165) is 12.0 Å². The summed E-state index contributed by atoms with van der Waals surface area (Å²) in [7, 11) is 0. The molecule has 4 heteroatoms. The van der Waals surface area contributed by atoms with Crippen LogP contribution in [0.2, 0.25) is 0 Å². The summed E-state index contributed by atoms with van der Waals surface area (Å²) < 4.78 is 5.66. The van der Waals surface area contributed by atoms with Gasteiger partial charge in [-0.1, -0.05) is 26.0 Å². The molecule has 0 aliphatic carbocycles. The van der Waals surface area contributed by atoms with Crippen LogP contribution in [-0.4, -0.2) is 18.6 Å². The molecule has 0 aliphatic heterocycles. The Balaban J connectivity index is 2.50. The molecule has 0 aromatic heterocycles. The summed E-state index contributed by atoms with van der Waals surface area (Å²) in [6.07, 6.45) is 0.462. The molecule has 0 heterocycles. The minimum absolute atomic E-state index is 0.0475. The normalized spacial score (nSPS) is 13.9. The van der Waals surface area contributed by atoms with Crippen LogP contribution in [0, 0.1) is 5.92 Å². The van der Waals surface area contributed by atoms with E-state index in [9.17, 15) is 4.79 Å². The fraction of sp³-hybridized carbons (Fsp3) is 0.562. The average molecular weight is 278 g/mol. The summed E-state index contributed by atoms with van der Waals surface area (Å²) in [6, 6.07) is 7.50. The summed E-state index contributed by atoms with van der Waals surface area (Å²) in [5.74, 6) is 1.16. The highest BCUT2D eigenvalue weighted by Gasteiger charge is 2.14. The average Bonchev–Trinajstić information content (AvgIpc) is 2.38. The van der Waals surface area contributed by atoms with Gasteiger partial charge in [0.2, 0.25) is 0 Å². The smallest absolute Gasteiger partial charge is 0.260 e. The van der Waals surface area contributed by atoms with Crippen LogP contribution in [-0.2, 0) is 4.79 Å². The van der Waals surface area contributed by atoms with Crippen LogP contribution in [0.25, 0.3) is 0 Å². The van der Waals surface area contributed by atoms with Crippen LogP contribution in [0.1, 0.15) is 45.7 Å². The van der Waals surface area contributed by atoms with Crippen LogP contribution < -0.4 is 15.8 Å². The first-order chi connectivity index (χ1) is 9.40. The molecule has 0 fully saturated rings. The third-order valence-electron chi connectivity index (χ3n) is 3.09. The van der Waals surface area contributed by atoms with Crippen molar-refractivity contribution >= 4 is 5.91 Å². The van der Waals surface area contributed by atoms with Gasteiger partial charge < -0.3 is 15.8 Å². The van der Waals surface area contributed by atoms with Crippen molar-refractivity contribution in [1.82, 2.24) is 5.32 Å². The Morgan fingerprint density at radius 2 is 2.00 bits per heavy atom. The van der Waals surface area contributed by atoms with E-state index in [2.05, 4.69) is 19.2 Å². The quantitative estimate of drug-likeness (QED) is 0.806. The van der Waals surface area contributed by atoms with E-state index in [4.69, 9.17) is 10.5 Å². The molecule has 1 rings (SSSR count). The maximum absolute atomic E-state index is 11.9. The molecule has 20 heavy (non-hydrogen) atoms. The molecule has 0 aliphatic rings. The summed E-state index contributed by atoms with van der Waals surface area (Å²) in [5.41, 5.74) is 6.83. The Morgan fingerprint density at radius 3 is 2.60 bits per heavy atom. The summed E-state index contributed by atoms with van der Waals surface area (Å²) in [6.45, 7) is 8.62. The van der Waals surface area contributed by atoms with Gasteiger partial charge in [-0.2, -0.15) is 0 Å². The van der Waals surface area contributed by atoms with Crippen molar-refractivity contribution in [2.45, 2.75) is 46.3 Å². The highest BCUT2D eigenvalue weighted by molar-refractivity contribution is 5.80. The Hall–Kier alpha value is -1.55. The zero-order chi connectivity index (χ0) is 15.1. The van der Waals surface area contributed by atoms with E-state index in [1.807, 2.05) is 31.2 Å². The van der Waals surface area contributed by atoms with Crippen molar-refractivity contribution in [1.29, 1.82) is 0 Å². The molecule has 2 unspecified atom stereocenters. The Morgan fingerprint density at radius 1 is 1.30 bits per heavy atom. The van der Waals surface area contributed by atoms with Crippen LogP contribution in [0.3, 0.4) is 0 Å². The molecule has 0 saturated heterocycles. The van der Waals surface area contributed by atoms with Gasteiger partial charge in [0.1, 0.15) is 5.75 Å². The lowest BCUT2D eigenvalue weighted by molar-refractivity contribution is -0.127. The lowest BCUT2D eigenvalue weighted by Crippen LogP contribution is -2.37. The van der Waals surface area contributed by atoms with E-state index in [1.165, 1.54) is 0 Å². The second kappa shape index (κ2) is 7.90. The van der Waals surface area contributed by atoms with Crippen molar-refractivity contribution in [3.63, 3.8) is 0 Å². The predicted molar refractivity (Wildman–Crippen MR) is 81.6 cm³/mol. The van der Waals surface area contributed by atoms with Gasteiger partial charge in [0, 0.05) is 12.6 Å². The van der Waals surface area contributed by atoms with Gasteiger partial charge >= 0.3 is 0 Å². The van der Waals surface area contributed by atoms with E-state index < -0.39 is 6.10 Å². The zero-order valence-corrected chi connectivity index (χ0v) is 12.8. The third kappa shape index (κ3) is 5.61. The van der Waals surface area contributed by atoms with Gasteiger partial charge in [-0.15, -0.1) is 0 Å². The van der Waals surface area contributed by atoms with Crippen molar-refractivity contribution in [2.24, 2.45) is 11.7 Å². The maximum atomic E-state index is 11.9. The molecule has 0 spiro atoms. The zero-order valence-electron chi connectivity index (χ0n) is 12.8. The van der Waals surface area contributed by atoms with Gasteiger partial charge in [0.05, 0.1) is 0 Å². The molecule has 1 amide bonds. The van der Waals surface area contributed by atoms with Crippen LogP contribution >= 0.6 is 0 Å². The molecule has 0 saturated carbocycles. The topological polar surface area (TPSA) is 64.3 Å². The number of nitrogens with one attached hydrogen (secondary N) is 1. The van der Waals surface area contributed by atoms with E-state index in [0.29, 0.717) is 18.2 Å². The Bertz CT molecular complexity index is 430. The minimum atomic E-state index is -0.509. The molecular formula is C16H26N2O2. The first-order valence-electron chi connectivity index (χ1n) is 7.20. The molecule has 2 atom stereocenters. The van der Waals surface area contributed by atoms with Gasteiger partial charge in [-0.3, -0.25) is 4.79 Å². The maximum Gasteiger partial charge on any atom is 0.260 e. The largest absolute Gasteiger partial charge is 0.481 e. The second-order valence-corrected chi connectivity index (χ2v) is 5.59. The van der Waals surface area contributed by atoms with Crippen molar-refractivity contribution < 1.29 is 9.53 Å². The minimum Gasteiger partial charge on any atom is -0.481 e. The van der Waals surface area contributed by atoms with Gasteiger partial charge in [-0.05, 0) is 43.9 Å². The number of rotatable bonds is 7. The van der Waals surface area contributed by atoms with Crippen molar-refractivity contribution in [3.8, 4) is 5.75 Å². The van der Waals surface area contributed by atoms with Gasteiger partial charge in [0.15, 0.2) is 6.10 Å². The third-order valence-corrected chi connectivity index (χ3v) is 3.09. The van der Waals surface area contributed by atoms with Gasteiger partial charge in [0.25, 0.3) is 5.91 Å².